The molecule has 2 atom stereocenters. The highest BCUT2D eigenvalue weighted by molar-refractivity contribution is 7.99. The number of aliphatic carboxylic acids is 1. The van der Waals surface area contributed by atoms with Crippen molar-refractivity contribution >= 4 is 34.5 Å². The standard InChI is InChI=1S/C25H28N6O3S/c1-16(30(2)3)23-28-29-25(31(23)18-9-5-4-6-10-18)35-15-22(32)27-21(24(33)34)13-17-14-26-20-12-8-7-11-19(17)20/h4-12,14,16,21,26H,13,15H2,1-3H3,(H,27,32)(H,33,34). The molecule has 4 aromatic rings. The number of nitrogens with one attached hydrogen (secondary N) is 2. The molecule has 35 heavy (non-hydrogen) atoms. The van der Waals surface area contributed by atoms with Crippen LogP contribution in [-0.4, -0.2) is 67.5 Å². The van der Waals surface area contributed by atoms with Crippen LogP contribution in [0.5, 0.6) is 0 Å². The van der Waals surface area contributed by atoms with Gasteiger partial charge in [-0.2, -0.15) is 0 Å². The van der Waals surface area contributed by atoms with Gasteiger partial charge >= 0.3 is 5.97 Å². The van der Waals surface area contributed by atoms with Crippen molar-refractivity contribution < 1.29 is 14.7 Å². The lowest BCUT2D eigenvalue weighted by Crippen LogP contribution is -2.43. The lowest BCUT2D eigenvalue weighted by atomic mass is 10.1. The summed E-state index contributed by atoms with van der Waals surface area (Å²) in [5.41, 5.74) is 2.66. The van der Waals surface area contributed by atoms with Crippen LogP contribution in [0, 0.1) is 0 Å². The Morgan fingerprint density at radius 3 is 2.54 bits per heavy atom. The molecule has 182 valence electrons. The zero-order valence-corrected chi connectivity index (χ0v) is 20.6. The fourth-order valence-corrected chi connectivity index (χ4v) is 4.55. The van der Waals surface area contributed by atoms with E-state index in [1.807, 2.05) is 85.1 Å². The van der Waals surface area contributed by atoms with Crippen LogP contribution in [0.3, 0.4) is 0 Å². The predicted molar refractivity (Wildman–Crippen MR) is 136 cm³/mol. The smallest absolute Gasteiger partial charge is 0.326 e. The van der Waals surface area contributed by atoms with Gasteiger partial charge in [0.1, 0.15) is 6.04 Å². The molecule has 9 nitrogen and oxygen atoms in total. The van der Waals surface area contributed by atoms with Crippen molar-refractivity contribution in [2.24, 2.45) is 0 Å². The van der Waals surface area contributed by atoms with Gasteiger partial charge in [-0.15, -0.1) is 10.2 Å². The Hall–Kier alpha value is -3.63. The molecule has 0 radical (unpaired) electrons. The lowest BCUT2D eigenvalue weighted by Gasteiger charge is -2.20. The van der Waals surface area contributed by atoms with E-state index in [9.17, 15) is 14.7 Å². The number of amides is 1. The molecule has 0 fully saturated rings. The highest BCUT2D eigenvalue weighted by Gasteiger charge is 2.24. The molecule has 0 bridgehead atoms. The van der Waals surface area contributed by atoms with Crippen molar-refractivity contribution in [3.8, 4) is 5.69 Å². The number of carbonyl (C=O) groups is 2. The summed E-state index contributed by atoms with van der Waals surface area (Å²) in [6.07, 6.45) is 1.97. The SMILES string of the molecule is CC(c1nnc(SCC(=O)NC(Cc2c[nH]c3ccccc23)C(=O)O)n1-c1ccccc1)N(C)C. The fraction of sp³-hybridized carbons (Fsp3) is 0.280. The van der Waals surface area contributed by atoms with Gasteiger partial charge < -0.3 is 15.4 Å². The summed E-state index contributed by atoms with van der Waals surface area (Å²) in [4.78, 5) is 29.8. The summed E-state index contributed by atoms with van der Waals surface area (Å²) in [6, 6.07) is 16.3. The molecule has 1 amide bonds. The topological polar surface area (TPSA) is 116 Å². The second kappa shape index (κ2) is 10.7. The van der Waals surface area contributed by atoms with Crippen molar-refractivity contribution in [1.29, 1.82) is 0 Å². The highest BCUT2D eigenvalue weighted by atomic mass is 32.2. The predicted octanol–water partition coefficient (Wildman–Crippen LogP) is 3.28. The van der Waals surface area contributed by atoms with Gasteiger partial charge in [-0.1, -0.05) is 48.2 Å². The van der Waals surface area contributed by atoms with E-state index in [-0.39, 0.29) is 24.1 Å². The first-order chi connectivity index (χ1) is 16.8. The van der Waals surface area contributed by atoms with Crippen LogP contribution in [0.2, 0.25) is 0 Å². The molecule has 10 heteroatoms. The molecule has 0 saturated carbocycles. The van der Waals surface area contributed by atoms with Crippen molar-refractivity contribution in [3.63, 3.8) is 0 Å². The minimum atomic E-state index is -1.08. The maximum Gasteiger partial charge on any atom is 0.326 e. The van der Waals surface area contributed by atoms with E-state index in [4.69, 9.17) is 0 Å². The lowest BCUT2D eigenvalue weighted by molar-refractivity contribution is -0.141. The number of hydrogen-bond acceptors (Lipinski definition) is 6. The average Bonchev–Trinajstić information content (AvgIpc) is 3.46. The molecule has 0 aliphatic heterocycles. The summed E-state index contributed by atoms with van der Waals surface area (Å²) in [7, 11) is 3.93. The quantitative estimate of drug-likeness (QED) is 0.291. The molecule has 2 unspecified atom stereocenters. The Morgan fingerprint density at radius 2 is 1.83 bits per heavy atom. The maximum atomic E-state index is 12.8. The third-order valence-electron chi connectivity index (χ3n) is 5.89. The summed E-state index contributed by atoms with van der Waals surface area (Å²) in [6.45, 7) is 2.03. The summed E-state index contributed by atoms with van der Waals surface area (Å²) >= 11 is 1.22. The van der Waals surface area contributed by atoms with Crippen molar-refractivity contribution in [2.45, 2.75) is 30.6 Å². The Morgan fingerprint density at radius 1 is 1.11 bits per heavy atom. The van der Waals surface area contributed by atoms with Gasteiger partial charge in [-0.25, -0.2) is 4.79 Å². The zero-order chi connectivity index (χ0) is 24.9. The minimum Gasteiger partial charge on any atom is -0.480 e. The summed E-state index contributed by atoms with van der Waals surface area (Å²) in [5.74, 6) is -0.694. The van der Waals surface area contributed by atoms with Crippen LogP contribution < -0.4 is 5.32 Å². The molecule has 0 spiro atoms. The number of fused-ring (bicyclic) bond motifs is 1. The Kier molecular flexibility index (Phi) is 7.52. The number of H-pyrrole nitrogens is 1. The molecule has 0 aliphatic carbocycles. The summed E-state index contributed by atoms with van der Waals surface area (Å²) < 4.78 is 1.93. The van der Waals surface area contributed by atoms with Gasteiger partial charge in [-0.05, 0) is 44.8 Å². The minimum absolute atomic E-state index is 0.00144. The van der Waals surface area contributed by atoms with Crippen LogP contribution >= 0.6 is 11.8 Å². The molecular weight excluding hydrogens is 464 g/mol. The fourth-order valence-electron chi connectivity index (χ4n) is 3.78. The van der Waals surface area contributed by atoms with E-state index in [1.54, 1.807) is 6.20 Å². The second-order valence-corrected chi connectivity index (χ2v) is 9.40. The maximum absolute atomic E-state index is 12.8. The number of aromatic amines is 1. The number of carboxylic acid groups (broad SMARTS) is 1. The second-order valence-electron chi connectivity index (χ2n) is 8.46. The summed E-state index contributed by atoms with van der Waals surface area (Å²) in [5, 5.41) is 22.6. The number of rotatable bonds is 10. The number of nitrogens with zero attached hydrogens (tertiary/aromatic N) is 4. The van der Waals surface area contributed by atoms with Crippen LogP contribution in [0.4, 0.5) is 0 Å². The van der Waals surface area contributed by atoms with Gasteiger partial charge in [0.05, 0.1) is 11.8 Å². The Balaban J connectivity index is 1.48. The molecule has 2 aromatic carbocycles. The van der Waals surface area contributed by atoms with E-state index in [0.717, 1.165) is 28.0 Å². The first-order valence-electron chi connectivity index (χ1n) is 11.2. The first-order valence-corrected chi connectivity index (χ1v) is 12.2. The third-order valence-corrected chi connectivity index (χ3v) is 6.81. The highest BCUT2D eigenvalue weighted by Crippen LogP contribution is 2.26. The molecule has 3 N–H and O–H groups in total. The first kappa shape index (κ1) is 24.5. The van der Waals surface area contributed by atoms with E-state index in [2.05, 4.69) is 20.5 Å². The van der Waals surface area contributed by atoms with Crippen molar-refractivity contribution in [2.75, 3.05) is 19.8 Å². The molecule has 0 saturated heterocycles. The molecule has 2 heterocycles. The average molecular weight is 493 g/mol. The van der Waals surface area contributed by atoms with Gasteiger partial charge in [0.2, 0.25) is 5.91 Å². The normalized spacial score (nSPS) is 13.1. The van der Waals surface area contributed by atoms with Crippen LogP contribution in [0.15, 0.2) is 66.0 Å². The monoisotopic (exact) mass is 492 g/mol. The number of benzene rings is 2. The van der Waals surface area contributed by atoms with E-state index >= 15 is 0 Å². The zero-order valence-electron chi connectivity index (χ0n) is 19.8. The molecule has 0 aliphatic rings. The van der Waals surface area contributed by atoms with E-state index in [0.29, 0.717) is 5.16 Å². The Bertz CT molecular complexity index is 1320. The van der Waals surface area contributed by atoms with Crippen LogP contribution in [0.1, 0.15) is 24.4 Å². The molecular formula is C25H28N6O3S. The van der Waals surface area contributed by atoms with Crippen LogP contribution in [-0.2, 0) is 16.0 Å². The van der Waals surface area contributed by atoms with E-state index in [1.165, 1.54) is 11.8 Å². The molecule has 2 aromatic heterocycles. The number of hydrogen-bond donors (Lipinski definition) is 3. The van der Waals surface area contributed by atoms with Crippen LogP contribution in [0.25, 0.3) is 16.6 Å². The van der Waals surface area contributed by atoms with Gasteiger partial charge in [0.15, 0.2) is 11.0 Å². The largest absolute Gasteiger partial charge is 0.480 e. The van der Waals surface area contributed by atoms with Crippen molar-refractivity contribution in [1.82, 2.24) is 30.0 Å². The molecule has 4 rings (SSSR count). The number of carbonyl (C=O) groups excluding carboxylic acids is 1. The van der Waals surface area contributed by atoms with Crippen molar-refractivity contribution in [3.05, 3.63) is 72.2 Å². The van der Waals surface area contributed by atoms with E-state index < -0.39 is 12.0 Å². The number of carboxylic acids is 1. The van der Waals surface area contributed by atoms with Gasteiger partial charge in [0.25, 0.3) is 0 Å². The number of aromatic nitrogens is 4. The number of thioether (sulfide) groups is 1. The van der Waals surface area contributed by atoms with Gasteiger partial charge in [-0.3, -0.25) is 14.3 Å². The third kappa shape index (κ3) is 5.55. The van der Waals surface area contributed by atoms with Gasteiger partial charge in [0, 0.05) is 29.2 Å². The number of para-hydroxylation sites is 2. The Labute approximate surface area is 207 Å².